The van der Waals surface area contributed by atoms with Gasteiger partial charge in [-0.05, 0) is 36.4 Å². The zero-order valence-electron chi connectivity index (χ0n) is 15.2. The van der Waals surface area contributed by atoms with Crippen LogP contribution in [0.1, 0.15) is 0 Å². The Morgan fingerprint density at radius 1 is 0.862 bits per heavy atom. The van der Waals surface area contributed by atoms with Crippen molar-refractivity contribution < 1.29 is 19.1 Å². The first-order valence-corrected chi connectivity index (χ1v) is 8.48. The molecule has 0 unspecified atom stereocenters. The number of para-hydroxylation sites is 1. The molecular formula is C20H14N4O5. The topological polar surface area (TPSA) is 110 Å². The summed E-state index contributed by atoms with van der Waals surface area (Å²) in [5.41, 5.74) is 0.0665. The highest BCUT2D eigenvalue weighted by atomic mass is 16.6. The third kappa shape index (κ3) is 3.74. The molecule has 0 radical (unpaired) electrons. The molecule has 2 aromatic heterocycles. The molecule has 4 aromatic rings. The zero-order chi connectivity index (χ0) is 20.2. The van der Waals surface area contributed by atoms with Crippen LogP contribution in [0.15, 0.2) is 67.1 Å². The minimum absolute atomic E-state index is 0.238. The number of pyridine rings is 1. The van der Waals surface area contributed by atoms with Gasteiger partial charge >= 0.3 is 17.4 Å². The Morgan fingerprint density at radius 2 is 1.55 bits per heavy atom. The van der Waals surface area contributed by atoms with E-state index in [1.807, 2.05) is 12.1 Å². The fraction of sp³-hybridized carbons (Fsp3) is 0.0500. The molecule has 144 valence electrons. The molecule has 2 heterocycles. The molecule has 0 spiro atoms. The first-order valence-electron chi connectivity index (χ1n) is 8.48. The molecular weight excluding hydrogens is 376 g/mol. The lowest BCUT2D eigenvalue weighted by atomic mass is 10.2. The Balaban J connectivity index is 1.72. The summed E-state index contributed by atoms with van der Waals surface area (Å²) in [5, 5.41) is 12.5. The third-order valence-corrected chi connectivity index (χ3v) is 4.01. The van der Waals surface area contributed by atoms with E-state index >= 15 is 0 Å². The minimum Gasteiger partial charge on any atom is -0.497 e. The number of aromatic nitrogens is 3. The van der Waals surface area contributed by atoms with Crippen molar-refractivity contribution in [1.82, 2.24) is 15.0 Å². The van der Waals surface area contributed by atoms with Gasteiger partial charge in [0.2, 0.25) is 0 Å². The number of methoxy groups -OCH3 is 1. The molecule has 0 aliphatic rings. The quantitative estimate of drug-likeness (QED) is 0.349. The van der Waals surface area contributed by atoms with Gasteiger partial charge in [-0.3, -0.25) is 15.1 Å². The van der Waals surface area contributed by atoms with E-state index < -0.39 is 10.6 Å². The summed E-state index contributed by atoms with van der Waals surface area (Å²) in [6.07, 6.45) is 2.75. The number of fused-ring (bicyclic) bond motifs is 1. The zero-order valence-corrected chi connectivity index (χ0v) is 15.2. The van der Waals surface area contributed by atoms with Gasteiger partial charge in [-0.1, -0.05) is 18.2 Å². The van der Waals surface area contributed by atoms with Gasteiger partial charge in [0.25, 0.3) is 0 Å². The summed E-state index contributed by atoms with van der Waals surface area (Å²) >= 11 is 0. The van der Waals surface area contributed by atoms with Crippen LogP contribution in [0.5, 0.6) is 29.0 Å². The number of nitro groups is 1. The van der Waals surface area contributed by atoms with Crippen LogP contribution in [0.3, 0.4) is 0 Å². The maximum absolute atomic E-state index is 11.7. The van der Waals surface area contributed by atoms with Crippen molar-refractivity contribution in [2.75, 3.05) is 7.11 Å². The molecule has 4 rings (SSSR count). The van der Waals surface area contributed by atoms with Crippen molar-refractivity contribution in [2.24, 2.45) is 0 Å². The predicted molar refractivity (Wildman–Crippen MR) is 104 cm³/mol. The van der Waals surface area contributed by atoms with E-state index in [4.69, 9.17) is 14.2 Å². The lowest BCUT2D eigenvalue weighted by Crippen LogP contribution is -2.01. The summed E-state index contributed by atoms with van der Waals surface area (Å²) in [6.45, 7) is 0. The smallest absolute Gasteiger partial charge is 0.393 e. The third-order valence-electron chi connectivity index (χ3n) is 4.01. The van der Waals surface area contributed by atoms with Crippen LogP contribution in [0, 0.1) is 10.1 Å². The van der Waals surface area contributed by atoms with Crippen LogP contribution in [0.25, 0.3) is 10.9 Å². The van der Waals surface area contributed by atoms with Crippen molar-refractivity contribution in [3.63, 3.8) is 0 Å². The molecule has 0 N–H and O–H groups in total. The van der Waals surface area contributed by atoms with E-state index in [9.17, 15) is 10.1 Å². The van der Waals surface area contributed by atoms with E-state index in [-0.39, 0.29) is 11.8 Å². The Morgan fingerprint density at radius 3 is 2.28 bits per heavy atom. The number of benzene rings is 2. The van der Waals surface area contributed by atoms with Crippen LogP contribution in [-0.4, -0.2) is 27.0 Å². The van der Waals surface area contributed by atoms with Gasteiger partial charge in [0.15, 0.2) is 5.75 Å². The van der Waals surface area contributed by atoms with Crippen LogP contribution >= 0.6 is 0 Å². The average molecular weight is 390 g/mol. The van der Waals surface area contributed by atoms with Gasteiger partial charge in [0, 0.05) is 11.6 Å². The maximum atomic E-state index is 11.7. The molecule has 0 saturated carbocycles. The molecule has 2 aromatic carbocycles. The minimum atomic E-state index is -0.646. The summed E-state index contributed by atoms with van der Waals surface area (Å²) in [5.74, 6) is 0.831. The van der Waals surface area contributed by atoms with Crippen LogP contribution < -0.4 is 14.2 Å². The van der Waals surface area contributed by atoms with Gasteiger partial charge in [-0.15, -0.1) is 0 Å². The molecule has 0 saturated heterocycles. The number of hydrogen-bond acceptors (Lipinski definition) is 8. The van der Waals surface area contributed by atoms with Crippen LogP contribution in [0.4, 0.5) is 5.69 Å². The molecule has 29 heavy (non-hydrogen) atoms. The number of ether oxygens (including phenoxy) is 3. The number of hydrogen-bond donors (Lipinski definition) is 0. The van der Waals surface area contributed by atoms with E-state index in [0.717, 1.165) is 11.7 Å². The monoisotopic (exact) mass is 390 g/mol. The molecule has 0 atom stereocenters. The van der Waals surface area contributed by atoms with Gasteiger partial charge in [-0.2, -0.15) is 9.97 Å². The lowest BCUT2D eigenvalue weighted by molar-refractivity contribution is -0.387. The van der Waals surface area contributed by atoms with E-state index in [0.29, 0.717) is 22.8 Å². The Kier molecular flexibility index (Phi) is 4.85. The molecule has 0 bridgehead atoms. The highest BCUT2D eigenvalue weighted by molar-refractivity contribution is 5.84. The van der Waals surface area contributed by atoms with E-state index in [1.165, 1.54) is 7.11 Å². The number of nitrogens with zero attached hydrogens (tertiary/aromatic N) is 4. The summed E-state index contributed by atoms with van der Waals surface area (Å²) in [7, 11) is 1.54. The lowest BCUT2D eigenvalue weighted by Gasteiger charge is -2.10. The molecule has 0 aliphatic heterocycles. The second-order valence-corrected chi connectivity index (χ2v) is 5.80. The number of rotatable bonds is 6. The van der Waals surface area contributed by atoms with Crippen LogP contribution in [0.2, 0.25) is 0 Å². The largest absolute Gasteiger partial charge is 0.497 e. The maximum Gasteiger partial charge on any atom is 0.393 e. The summed E-state index contributed by atoms with van der Waals surface area (Å²) in [4.78, 5) is 23.2. The SMILES string of the molecule is COc1ccc(Oc2ncnc(Oc3cccc4cccnc34)c2[N+](=O)[O-])cc1. The second-order valence-electron chi connectivity index (χ2n) is 5.80. The first-order chi connectivity index (χ1) is 14.2. The fourth-order valence-electron chi connectivity index (χ4n) is 2.67. The normalized spacial score (nSPS) is 10.5. The average Bonchev–Trinajstić information content (AvgIpc) is 2.74. The van der Waals surface area contributed by atoms with Gasteiger partial charge < -0.3 is 14.2 Å². The second kappa shape index (κ2) is 7.77. The standard InChI is InChI=1S/C20H14N4O5/c1-27-14-7-9-15(10-8-14)28-19-18(24(25)26)20(23-12-22-19)29-16-6-2-4-13-5-3-11-21-17(13)16/h2-12H,1H3. The Bertz CT molecular complexity index is 1180. The van der Waals surface area contributed by atoms with Crippen LogP contribution in [-0.2, 0) is 0 Å². The Labute approximate surface area is 164 Å². The highest BCUT2D eigenvalue weighted by Crippen LogP contribution is 2.39. The van der Waals surface area contributed by atoms with Gasteiger partial charge in [0.1, 0.15) is 23.3 Å². The van der Waals surface area contributed by atoms with Crippen molar-refractivity contribution in [2.45, 2.75) is 0 Å². The fourth-order valence-corrected chi connectivity index (χ4v) is 2.67. The molecule has 0 amide bonds. The molecule has 0 aliphatic carbocycles. The first kappa shape index (κ1) is 18.1. The molecule has 0 fully saturated rings. The van der Waals surface area contributed by atoms with Crippen molar-refractivity contribution in [3.8, 4) is 29.0 Å². The van der Waals surface area contributed by atoms with Crippen molar-refractivity contribution >= 4 is 16.6 Å². The van der Waals surface area contributed by atoms with Crippen molar-refractivity contribution in [3.05, 3.63) is 77.2 Å². The summed E-state index contributed by atoms with van der Waals surface area (Å²) < 4.78 is 16.4. The highest BCUT2D eigenvalue weighted by Gasteiger charge is 2.27. The van der Waals surface area contributed by atoms with E-state index in [2.05, 4.69) is 15.0 Å². The molecule has 9 heteroatoms. The Hall–Kier alpha value is -4.27. The van der Waals surface area contributed by atoms with Gasteiger partial charge in [-0.25, -0.2) is 0 Å². The summed E-state index contributed by atoms with van der Waals surface area (Å²) in [6, 6.07) is 15.5. The van der Waals surface area contributed by atoms with Crippen molar-refractivity contribution in [1.29, 1.82) is 0 Å². The molecule has 9 nitrogen and oxygen atoms in total. The van der Waals surface area contributed by atoms with E-state index in [1.54, 1.807) is 48.7 Å². The predicted octanol–water partition coefficient (Wildman–Crippen LogP) is 4.53. The van der Waals surface area contributed by atoms with Gasteiger partial charge in [0.05, 0.1) is 12.0 Å².